The lowest BCUT2D eigenvalue weighted by molar-refractivity contribution is 0.311. The molecule has 0 aliphatic heterocycles. The summed E-state index contributed by atoms with van der Waals surface area (Å²) in [7, 11) is 0. The van der Waals surface area contributed by atoms with Gasteiger partial charge in [-0.3, -0.25) is 0 Å². The van der Waals surface area contributed by atoms with Crippen LogP contribution in [0.5, 0.6) is 0 Å². The summed E-state index contributed by atoms with van der Waals surface area (Å²) in [5, 5.41) is 12.1. The molecule has 0 bridgehead atoms. The number of benzene rings is 2. The van der Waals surface area contributed by atoms with Crippen molar-refractivity contribution in [3.05, 3.63) is 65.7 Å². The predicted octanol–water partition coefficient (Wildman–Crippen LogP) is 2.68. The summed E-state index contributed by atoms with van der Waals surface area (Å²) in [5.74, 6) is 0. The molecule has 0 amide bonds. The first-order valence-corrected chi connectivity index (χ1v) is 5.86. The van der Waals surface area contributed by atoms with Crippen LogP contribution in [0.3, 0.4) is 0 Å². The second-order valence-corrected chi connectivity index (χ2v) is 3.97. The van der Waals surface area contributed by atoms with Crippen LogP contribution in [-0.4, -0.2) is 18.3 Å². The van der Waals surface area contributed by atoms with E-state index in [0.29, 0.717) is 6.54 Å². The quantitative estimate of drug-likeness (QED) is 0.823. The van der Waals surface area contributed by atoms with Gasteiger partial charge in [-0.05, 0) is 23.6 Å². The fourth-order valence-corrected chi connectivity index (χ4v) is 1.85. The van der Waals surface area contributed by atoms with Crippen molar-refractivity contribution in [3.63, 3.8) is 0 Å². The number of hydrogen-bond acceptors (Lipinski definition) is 2. The highest BCUT2D eigenvalue weighted by atomic mass is 16.3. The highest BCUT2D eigenvalue weighted by molar-refractivity contribution is 5.52. The first-order valence-electron chi connectivity index (χ1n) is 5.86. The topological polar surface area (TPSA) is 32.3 Å². The number of aliphatic hydroxyl groups is 1. The van der Waals surface area contributed by atoms with Gasteiger partial charge in [0.15, 0.2) is 0 Å². The monoisotopic (exact) mass is 227 g/mol. The van der Waals surface area contributed by atoms with Crippen LogP contribution in [0, 0.1) is 0 Å². The van der Waals surface area contributed by atoms with E-state index in [1.807, 2.05) is 24.3 Å². The Labute approximate surface area is 102 Å². The van der Waals surface area contributed by atoms with Crippen LogP contribution in [0.2, 0.25) is 0 Å². The number of para-hydroxylation sites is 1. The summed E-state index contributed by atoms with van der Waals surface area (Å²) in [6, 6.07) is 18.6. The van der Waals surface area contributed by atoms with Gasteiger partial charge in [-0.2, -0.15) is 0 Å². The Morgan fingerprint density at radius 2 is 1.59 bits per heavy atom. The Balaban J connectivity index is 2.15. The third-order valence-corrected chi connectivity index (χ3v) is 2.68. The molecule has 0 aromatic heterocycles. The van der Waals surface area contributed by atoms with Crippen LogP contribution in [0.25, 0.3) is 0 Å². The molecule has 0 aliphatic carbocycles. The molecule has 0 fully saturated rings. The van der Waals surface area contributed by atoms with Crippen LogP contribution in [0.1, 0.15) is 11.1 Å². The molecule has 0 radical (unpaired) electrons. The van der Waals surface area contributed by atoms with E-state index in [2.05, 4.69) is 35.6 Å². The second-order valence-electron chi connectivity index (χ2n) is 3.97. The molecular weight excluding hydrogens is 210 g/mol. The number of rotatable bonds is 5. The Bertz CT molecular complexity index is 453. The first-order chi connectivity index (χ1) is 8.40. The van der Waals surface area contributed by atoms with Gasteiger partial charge in [-0.25, -0.2) is 0 Å². The van der Waals surface area contributed by atoms with Gasteiger partial charge < -0.3 is 10.4 Å². The van der Waals surface area contributed by atoms with Gasteiger partial charge in [0.05, 0.1) is 6.61 Å². The van der Waals surface area contributed by atoms with Crippen LogP contribution < -0.4 is 5.32 Å². The highest BCUT2D eigenvalue weighted by Gasteiger charge is 2.01. The lowest BCUT2D eigenvalue weighted by Crippen LogP contribution is -2.07. The first kappa shape index (κ1) is 11.7. The fourth-order valence-electron chi connectivity index (χ4n) is 1.85. The normalized spacial score (nSPS) is 10.2. The van der Waals surface area contributed by atoms with Crippen LogP contribution in [-0.2, 0) is 6.42 Å². The van der Waals surface area contributed by atoms with Crippen LogP contribution >= 0.6 is 0 Å². The summed E-state index contributed by atoms with van der Waals surface area (Å²) in [4.78, 5) is 0. The average molecular weight is 227 g/mol. The molecule has 0 atom stereocenters. The second kappa shape index (κ2) is 6.06. The lowest BCUT2D eigenvalue weighted by Gasteiger charge is -2.11. The summed E-state index contributed by atoms with van der Waals surface area (Å²) in [5.41, 5.74) is 3.66. The van der Waals surface area contributed by atoms with Gasteiger partial charge in [0.1, 0.15) is 0 Å². The van der Waals surface area contributed by atoms with Crippen LogP contribution in [0.15, 0.2) is 54.6 Å². The zero-order valence-corrected chi connectivity index (χ0v) is 9.76. The Morgan fingerprint density at radius 3 is 2.35 bits per heavy atom. The van der Waals surface area contributed by atoms with Crippen molar-refractivity contribution in [2.75, 3.05) is 18.5 Å². The van der Waals surface area contributed by atoms with Gasteiger partial charge in [0.2, 0.25) is 0 Å². The van der Waals surface area contributed by atoms with E-state index >= 15 is 0 Å². The minimum Gasteiger partial charge on any atom is -0.395 e. The molecular formula is C15H17NO. The lowest BCUT2D eigenvalue weighted by atomic mass is 10.0. The molecule has 0 heterocycles. The third kappa shape index (κ3) is 3.33. The van der Waals surface area contributed by atoms with Crippen molar-refractivity contribution in [2.45, 2.75) is 6.42 Å². The molecule has 2 aromatic carbocycles. The fraction of sp³-hybridized carbons (Fsp3) is 0.200. The van der Waals surface area contributed by atoms with Crippen LogP contribution in [0.4, 0.5) is 5.69 Å². The van der Waals surface area contributed by atoms with E-state index in [-0.39, 0.29) is 6.61 Å². The number of anilines is 1. The minimum atomic E-state index is 0.152. The zero-order chi connectivity index (χ0) is 11.9. The minimum absolute atomic E-state index is 0.152. The van der Waals surface area contributed by atoms with Gasteiger partial charge >= 0.3 is 0 Å². The molecule has 0 unspecified atom stereocenters. The van der Waals surface area contributed by atoms with E-state index in [1.165, 1.54) is 11.1 Å². The van der Waals surface area contributed by atoms with Crippen molar-refractivity contribution in [1.29, 1.82) is 0 Å². The Hall–Kier alpha value is -1.80. The predicted molar refractivity (Wildman–Crippen MR) is 71.3 cm³/mol. The van der Waals surface area contributed by atoms with Crippen molar-refractivity contribution in [1.82, 2.24) is 0 Å². The smallest absolute Gasteiger partial charge is 0.0604 e. The molecule has 0 saturated heterocycles. The van der Waals surface area contributed by atoms with Gasteiger partial charge in [-0.1, -0.05) is 48.5 Å². The number of hydrogen-bond donors (Lipinski definition) is 2. The highest BCUT2D eigenvalue weighted by Crippen LogP contribution is 2.18. The van der Waals surface area contributed by atoms with Crippen molar-refractivity contribution in [3.8, 4) is 0 Å². The van der Waals surface area contributed by atoms with E-state index in [1.54, 1.807) is 0 Å². The summed E-state index contributed by atoms with van der Waals surface area (Å²) in [6.45, 7) is 0.742. The maximum atomic E-state index is 8.85. The maximum absolute atomic E-state index is 8.85. The molecule has 2 nitrogen and oxygen atoms in total. The van der Waals surface area contributed by atoms with E-state index in [0.717, 1.165) is 12.1 Å². The third-order valence-electron chi connectivity index (χ3n) is 2.68. The van der Waals surface area contributed by atoms with Gasteiger partial charge in [0, 0.05) is 12.2 Å². The molecule has 17 heavy (non-hydrogen) atoms. The van der Waals surface area contributed by atoms with Crippen molar-refractivity contribution in [2.24, 2.45) is 0 Å². The Morgan fingerprint density at radius 1 is 0.882 bits per heavy atom. The maximum Gasteiger partial charge on any atom is 0.0604 e. The van der Waals surface area contributed by atoms with Gasteiger partial charge in [0.25, 0.3) is 0 Å². The van der Waals surface area contributed by atoms with E-state index < -0.39 is 0 Å². The number of aliphatic hydroxyl groups excluding tert-OH is 1. The molecule has 0 saturated carbocycles. The standard InChI is InChI=1S/C15H17NO/c17-11-10-16-15-9-5-4-8-14(15)12-13-6-2-1-3-7-13/h1-9,16-17H,10-12H2. The van der Waals surface area contributed by atoms with E-state index in [4.69, 9.17) is 5.11 Å². The number of nitrogens with one attached hydrogen (secondary N) is 1. The van der Waals surface area contributed by atoms with Crippen molar-refractivity contribution < 1.29 is 5.11 Å². The molecule has 2 rings (SSSR count). The molecule has 2 aromatic rings. The molecule has 0 aliphatic rings. The molecule has 0 spiro atoms. The zero-order valence-electron chi connectivity index (χ0n) is 9.76. The largest absolute Gasteiger partial charge is 0.395 e. The van der Waals surface area contributed by atoms with Gasteiger partial charge in [-0.15, -0.1) is 0 Å². The molecule has 88 valence electrons. The average Bonchev–Trinajstić information content (AvgIpc) is 2.39. The summed E-state index contributed by atoms with van der Waals surface area (Å²) < 4.78 is 0. The van der Waals surface area contributed by atoms with Crippen molar-refractivity contribution >= 4 is 5.69 Å². The molecule has 2 heteroatoms. The molecule has 2 N–H and O–H groups in total. The Kier molecular flexibility index (Phi) is 4.17. The van der Waals surface area contributed by atoms with E-state index in [9.17, 15) is 0 Å². The SMILES string of the molecule is OCCNc1ccccc1Cc1ccccc1. The summed E-state index contributed by atoms with van der Waals surface area (Å²) in [6.07, 6.45) is 0.912. The summed E-state index contributed by atoms with van der Waals surface area (Å²) >= 11 is 0.